The first-order chi connectivity index (χ1) is 10.6. The molecule has 0 spiro atoms. The van der Waals surface area contributed by atoms with E-state index in [-0.39, 0.29) is 28.7 Å². The lowest BCUT2D eigenvalue weighted by molar-refractivity contribution is -0.123. The highest BCUT2D eigenvalue weighted by Gasteiger charge is 2.60. The Hall–Kier alpha value is -1.69. The van der Waals surface area contributed by atoms with E-state index < -0.39 is 11.7 Å². The van der Waals surface area contributed by atoms with Gasteiger partial charge in [-0.2, -0.15) is 0 Å². The van der Waals surface area contributed by atoms with Crippen LogP contribution in [0.1, 0.15) is 38.1 Å². The highest BCUT2D eigenvalue weighted by atomic mass is 79.9. The Morgan fingerprint density at radius 3 is 2.48 bits per heavy atom. The number of hydrazine groups is 1. The molecular weight excluding hydrogens is 363 g/mol. The number of nitrogens with one attached hydrogen (secondary N) is 2. The van der Waals surface area contributed by atoms with Crippen LogP contribution < -0.4 is 10.9 Å². The molecule has 2 rings (SSSR count). The number of carbonyl (C=O) groups excluding carboxylic acids is 2. The second-order valence-electron chi connectivity index (χ2n) is 6.64. The molecule has 0 bridgehead atoms. The van der Waals surface area contributed by atoms with Crippen molar-refractivity contribution in [3.05, 3.63) is 45.7 Å². The van der Waals surface area contributed by atoms with Crippen LogP contribution in [0.15, 0.2) is 34.3 Å². The lowest BCUT2D eigenvalue weighted by Crippen LogP contribution is -2.43. The molecule has 1 aromatic carbocycles. The van der Waals surface area contributed by atoms with E-state index in [4.69, 9.17) is 0 Å². The van der Waals surface area contributed by atoms with Crippen LogP contribution in [0.3, 0.4) is 0 Å². The molecule has 2 N–H and O–H groups in total. The lowest BCUT2D eigenvalue weighted by Gasteiger charge is -2.09. The van der Waals surface area contributed by atoms with Crippen molar-refractivity contribution < 1.29 is 14.0 Å². The van der Waals surface area contributed by atoms with Crippen molar-refractivity contribution in [3.8, 4) is 0 Å². The van der Waals surface area contributed by atoms with E-state index in [1.807, 2.05) is 27.7 Å². The Bertz CT molecular complexity index is 681. The summed E-state index contributed by atoms with van der Waals surface area (Å²) >= 11 is 3.13. The molecule has 23 heavy (non-hydrogen) atoms. The van der Waals surface area contributed by atoms with Gasteiger partial charge in [-0.3, -0.25) is 20.4 Å². The third kappa shape index (κ3) is 3.80. The predicted octanol–water partition coefficient (Wildman–Crippen LogP) is 3.59. The van der Waals surface area contributed by atoms with Gasteiger partial charge in [0.15, 0.2) is 0 Å². The van der Waals surface area contributed by atoms with Crippen molar-refractivity contribution in [2.45, 2.75) is 27.7 Å². The maximum Gasteiger partial charge on any atom is 0.270 e. The summed E-state index contributed by atoms with van der Waals surface area (Å²) in [5.74, 6) is -1.16. The molecule has 1 aliphatic carbocycles. The van der Waals surface area contributed by atoms with E-state index in [0.29, 0.717) is 4.47 Å². The molecular formula is C17H20BrFN2O2. The van der Waals surface area contributed by atoms with Gasteiger partial charge in [0.05, 0.1) is 11.5 Å². The summed E-state index contributed by atoms with van der Waals surface area (Å²) in [5, 5.41) is 0. The smallest absolute Gasteiger partial charge is 0.270 e. The predicted molar refractivity (Wildman–Crippen MR) is 89.9 cm³/mol. The quantitative estimate of drug-likeness (QED) is 0.619. The van der Waals surface area contributed by atoms with Crippen LogP contribution in [0.5, 0.6) is 0 Å². The van der Waals surface area contributed by atoms with Gasteiger partial charge in [0, 0.05) is 4.47 Å². The fraction of sp³-hybridized carbons (Fsp3) is 0.412. The molecule has 1 saturated carbocycles. The van der Waals surface area contributed by atoms with Crippen molar-refractivity contribution in [1.82, 2.24) is 10.9 Å². The summed E-state index contributed by atoms with van der Waals surface area (Å²) in [6.07, 6.45) is 2.09. The summed E-state index contributed by atoms with van der Waals surface area (Å²) < 4.78 is 13.4. The van der Waals surface area contributed by atoms with Crippen molar-refractivity contribution in [1.29, 1.82) is 0 Å². The summed E-state index contributed by atoms with van der Waals surface area (Å²) in [5.41, 5.74) is 6.14. The van der Waals surface area contributed by atoms with Crippen molar-refractivity contribution in [2.24, 2.45) is 17.3 Å². The van der Waals surface area contributed by atoms with Gasteiger partial charge >= 0.3 is 0 Å². The van der Waals surface area contributed by atoms with Gasteiger partial charge in [0.2, 0.25) is 5.91 Å². The molecule has 2 unspecified atom stereocenters. The standard InChI is InChI=1S/C17H20BrFN2O2/c1-9(2)7-12-14(17(12,3)4)16(23)21-20-15(22)11-6-5-10(19)8-13(11)18/h5-8,12,14H,1-4H3,(H,20,22)(H,21,23). The van der Waals surface area contributed by atoms with E-state index in [9.17, 15) is 14.0 Å². The van der Waals surface area contributed by atoms with Gasteiger partial charge in [0.25, 0.3) is 5.91 Å². The summed E-state index contributed by atoms with van der Waals surface area (Å²) in [7, 11) is 0. The average molecular weight is 383 g/mol. The molecule has 0 radical (unpaired) electrons. The molecule has 0 aliphatic heterocycles. The second-order valence-corrected chi connectivity index (χ2v) is 7.49. The third-order valence-electron chi connectivity index (χ3n) is 4.18. The normalized spacial score (nSPS) is 21.3. The molecule has 124 valence electrons. The van der Waals surface area contributed by atoms with Gasteiger partial charge in [-0.25, -0.2) is 4.39 Å². The number of benzene rings is 1. The van der Waals surface area contributed by atoms with Crippen molar-refractivity contribution in [2.75, 3.05) is 0 Å². The van der Waals surface area contributed by atoms with Crippen LogP contribution in [0, 0.1) is 23.1 Å². The van der Waals surface area contributed by atoms with Gasteiger partial charge in [-0.05, 0) is 59.3 Å². The van der Waals surface area contributed by atoms with Gasteiger partial charge in [-0.1, -0.05) is 25.5 Å². The van der Waals surface area contributed by atoms with Crippen LogP contribution in [-0.4, -0.2) is 11.8 Å². The Labute approximate surface area is 143 Å². The third-order valence-corrected chi connectivity index (χ3v) is 4.84. The van der Waals surface area contributed by atoms with E-state index >= 15 is 0 Å². The molecule has 0 heterocycles. The van der Waals surface area contributed by atoms with Crippen LogP contribution in [-0.2, 0) is 4.79 Å². The lowest BCUT2D eigenvalue weighted by atomic mass is 10.1. The Balaban J connectivity index is 1.97. The number of halogens is 2. The number of rotatable bonds is 3. The van der Waals surface area contributed by atoms with E-state index in [1.165, 1.54) is 18.2 Å². The zero-order chi connectivity index (χ0) is 17.4. The number of hydrogen-bond acceptors (Lipinski definition) is 2. The zero-order valence-corrected chi connectivity index (χ0v) is 15.1. The van der Waals surface area contributed by atoms with Gasteiger partial charge in [0.1, 0.15) is 5.82 Å². The minimum atomic E-state index is -0.498. The van der Waals surface area contributed by atoms with Crippen molar-refractivity contribution in [3.63, 3.8) is 0 Å². The van der Waals surface area contributed by atoms with Gasteiger partial charge < -0.3 is 0 Å². The maximum absolute atomic E-state index is 13.0. The summed E-state index contributed by atoms with van der Waals surface area (Å²) in [6, 6.07) is 3.75. The highest BCUT2D eigenvalue weighted by Crippen LogP contribution is 2.59. The Morgan fingerprint density at radius 2 is 1.91 bits per heavy atom. The molecule has 0 saturated heterocycles. The maximum atomic E-state index is 13.0. The number of hydrogen-bond donors (Lipinski definition) is 2. The second kappa shape index (κ2) is 6.43. The monoisotopic (exact) mass is 382 g/mol. The van der Waals surface area contributed by atoms with Crippen LogP contribution in [0.25, 0.3) is 0 Å². The number of allylic oxidation sites excluding steroid dienone is 2. The first-order valence-corrected chi connectivity index (χ1v) is 8.14. The summed E-state index contributed by atoms with van der Waals surface area (Å²) in [6.45, 7) is 8.05. The molecule has 6 heteroatoms. The van der Waals surface area contributed by atoms with Crippen LogP contribution >= 0.6 is 15.9 Å². The minimum absolute atomic E-state index is 0.122. The van der Waals surface area contributed by atoms with E-state index in [0.717, 1.165) is 5.57 Å². The van der Waals surface area contributed by atoms with E-state index in [1.54, 1.807) is 0 Å². The summed E-state index contributed by atoms with van der Waals surface area (Å²) in [4.78, 5) is 24.3. The molecule has 1 aliphatic rings. The first kappa shape index (κ1) is 17.7. The van der Waals surface area contributed by atoms with Crippen LogP contribution in [0.4, 0.5) is 4.39 Å². The molecule has 1 aromatic rings. The Kier molecular flexibility index (Phi) is 4.94. The van der Waals surface area contributed by atoms with E-state index in [2.05, 4.69) is 32.9 Å². The average Bonchev–Trinajstić information content (AvgIpc) is 2.96. The van der Waals surface area contributed by atoms with Crippen molar-refractivity contribution >= 4 is 27.7 Å². The molecule has 2 atom stereocenters. The minimum Gasteiger partial charge on any atom is -0.273 e. The SMILES string of the molecule is CC(C)=CC1C(C(=O)NNC(=O)c2ccc(F)cc2Br)C1(C)C. The molecule has 2 amide bonds. The molecule has 0 aromatic heterocycles. The fourth-order valence-corrected chi connectivity index (χ4v) is 3.32. The fourth-order valence-electron chi connectivity index (χ4n) is 2.79. The first-order valence-electron chi connectivity index (χ1n) is 7.35. The van der Waals surface area contributed by atoms with Gasteiger partial charge in [-0.15, -0.1) is 0 Å². The zero-order valence-electron chi connectivity index (χ0n) is 13.5. The van der Waals surface area contributed by atoms with Crippen LogP contribution in [0.2, 0.25) is 0 Å². The number of amides is 2. The molecule has 1 fully saturated rings. The topological polar surface area (TPSA) is 58.2 Å². The number of carbonyl (C=O) groups is 2. The highest BCUT2D eigenvalue weighted by molar-refractivity contribution is 9.10. The molecule has 4 nitrogen and oxygen atoms in total. The largest absolute Gasteiger partial charge is 0.273 e. The Morgan fingerprint density at radius 1 is 1.26 bits per heavy atom.